The fourth-order valence-electron chi connectivity index (χ4n) is 3.52. The van der Waals surface area contributed by atoms with Crippen molar-refractivity contribution in [1.82, 2.24) is 9.88 Å². The van der Waals surface area contributed by atoms with Gasteiger partial charge in [-0.05, 0) is 42.2 Å². The van der Waals surface area contributed by atoms with Gasteiger partial charge in [-0.2, -0.15) is 0 Å². The van der Waals surface area contributed by atoms with Crippen molar-refractivity contribution in [2.45, 2.75) is 27.3 Å². The van der Waals surface area contributed by atoms with E-state index >= 15 is 0 Å². The van der Waals surface area contributed by atoms with Crippen LogP contribution in [0, 0.1) is 12.8 Å². The largest absolute Gasteiger partial charge is 0.478 e. The number of hydrogen-bond acceptors (Lipinski definition) is 5. The van der Waals surface area contributed by atoms with Crippen LogP contribution in [0.1, 0.15) is 40.9 Å². The smallest absolute Gasteiger partial charge is 0.232 e. The second-order valence-electron chi connectivity index (χ2n) is 7.28. The van der Waals surface area contributed by atoms with E-state index < -0.39 is 0 Å². The number of allylic oxidation sites excluding steroid dienone is 1. The first-order valence-electron chi connectivity index (χ1n) is 8.89. The van der Waals surface area contributed by atoms with Crippen LogP contribution in [0.5, 0.6) is 11.5 Å². The third kappa shape index (κ3) is 2.99. The zero-order valence-corrected chi connectivity index (χ0v) is 15.3. The van der Waals surface area contributed by atoms with Crippen LogP contribution in [0.15, 0.2) is 36.4 Å². The molecule has 3 heterocycles. The van der Waals surface area contributed by atoms with Crippen molar-refractivity contribution in [2.75, 3.05) is 13.3 Å². The van der Waals surface area contributed by atoms with E-state index in [-0.39, 0.29) is 5.78 Å². The summed E-state index contributed by atoms with van der Waals surface area (Å²) in [5, 5.41) is 0. The standard InChI is InChI=1S/C21H22N2O3/c1-13(2)10-23-11-16-17(25-12-23)7-14(3)19-20(24)18(26-21(16)19)8-15-5-4-6-22-9-15/h4-9,13H,10-12H2,1-3H3/b18-8-. The molecule has 5 heteroatoms. The molecule has 0 aliphatic carbocycles. The Morgan fingerprint density at radius 3 is 2.96 bits per heavy atom. The second kappa shape index (κ2) is 6.57. The first-order valence-corrected chi connectivity index (χ1v) is 8.89. The summed E-state index contributed by atoms with van der Waals surface area (Å²) in [7, 11) is 0. The van der Waals surface area contributed by atoms with Crippen LogP contribution in [0.4, 0.5) is 0 Å². The van der Waals surface area contributed by atoms with Gasteiger partial charge in [0.15, 0.2) is 5.76 Å². The van der Waals surface area contributed by atoms with Crippen molar-refractivity contribution < 1.29 is 14.3 Å². The highest BCUT2D eigenvalue weighted by atomic mass is 16.5. The maximum Gasteiger partial charge on any atom is 0.232 e. The van der Waals surface area contributed by atoms with Crippen molar-refractivity contribution in [3.05, 3.63) is 58.6 Å². The van der Waals surface area contributed by atoms with Crippen molar-refractivity contribution >= 4 is 11.9 Å². The van der Waals surface area contributed by atoms with Gasteiger partial charge in [-0.25, -0.2) is 0 Å². The van der Waals surface area contributed by atoms with E-state index in [9.17, 15) is 4.79 Å². The van der Waals surface area contributed by atoms with Crippen LogP contribution in [0.25, 0.3) is 6.08 Å². The predicted octanol–water partition coefficient (Wildman–Crippen LogP) is 3.81. The Balaban J connectivity index is 1.72. The molecule has 0 saturated heterocycles. The summed E-state index contributed by atoms with van der Waals surface area (Å²) in [5.41, 5.74) is 3.33. The number of benzene rings is 1. The minimum Gasteiger partial charge on any atom is -0.478 e. The van der Waals surface area contributed by atoms with Crippen LogP contribution in [0.3, 0.4) is 0 Å². The number of ketones is 1. The Labute approximate surface area is 153 Å². The van der Waals surface area contributed by atoms with Crippen molar-refractivity contribution in [1.29, 1.82) is 0 Å². The molecule has 1 aromatic carbocycles. The molecule has 0 bridgehead atoms. The third-order valence-electron chi connectivity index (χ3n) is 4.59. The number of fused-ring (bicyclic) bond motifs is 3. The van der Waals surface area contributed by atoms with Gasteiger partial charge in [-0.3, -0.25) is 14.7 Å². The fourth-order valence-corrected chi connectivity index (χ4v) is 3.52. The number of carbonyl (C=O) groups excluding carboxylic acids is 1. The van der Waals surface area contributed by atoms with Gasteiger partial charge in [0.1, 0.15) is 18.2 Å². The molecular formula is C21H22N2O3. The summed E-state index contributed by atoms with van der Waals surface area (Å²) in [4.78, 5) is 19.2. The Morgan fingerprint density at radius 1 is 1.38 bits per heavy atom. The van der Waals surface area contributed by atoms with Crippen molar-refractivity contribution in [3.63, 3.8) is 0 Å². The van der Waals surface area contributed by atoms with E-state index in [0.717, 1.165) is 35.5 Å². The topological polar surface area (TPSA) is 51.7 Å². The van der Waals surface area contributed by atoms with E-state index in [4.69, 9.17) is 9.47 Å². The molecule has 5 nitrogen and oxygen atoms in total. The lowest BCUT2D eigenvalue weighted by molar-refractivity contribution is 0.0831. The Morgan fingerprint density at radius 2 is 2.23 bits per heavy atom. The lowest BCUT2D eigenvalue weighted by Gasteiger charge is -2.31. The number of Topliss-reactive ketones (excluding diaryl/α,β-unsaturated/α-hetero) is 1. The highest BCUT2D eigenvalue weighted by molar-refractivity contribution is 6.15. The molecule has 26 heavy (non-hydrogen) atoms. The maximum absolute atomic E-state index is 12.9. The molecule has 2 aliphatic rings. The highest BCUT2D eigenvalue weighted by Crippen LogP contribution is 2.44. The van der Waals surface area contributed by atoms with E-state index in [0.29, 0.717) is 29.7 Å². The van der Waals surface area contributed by atoms with Crippen LogP contribution in [-0.4, -0.2) is 28.9 Å². The first-order chi connectivity index (χ1) is 12.5. The summed E-state index contributed by atoms with van der Waals surface area (Å²) in [6.45, 7) is 8.53. The Kier molecular flexibility index (Phi) is 4.24. The van der Waals surface area contributed by atoms with E-state index in [1.54, 1.807) is 18.5 Å². The number of carbonyl (C=O) groups is 1. The molecule has 0 radical (unpaired) electrons. The molecule has 2 aliphatic heterocycles. The molecule has 0 spiro atoms. The predicted molar refractivity (Wildman–Crippen MR) is 99.1 cm³/mol. The normalized spacial score (nSPS) is 17.8. The quantitative estimate of drug-likeness (QED) is 0.788. The number of rotatable bonds is 3. The number of aryl methyl sites for hydroxylation is 1. The van der Waals surface area contributed by atoms with Crippen LogP contribution >= 0.6 is 0 Å². The molecule has 4 rings (SSSR count). The SMILES string of the molecule is Cc1cc2c(c3c1C(=O)/C(=C/c1cccnc1)O3)CN(CC(C)C)CO2. The number of nitrogens with zero attached hydrogens (tertiary/aromatic N) is 2. The zero-order chi connectivity index (χ0) is 18.3. The van der Waals surface area contributed by atoms with Gasteiger partial charge in [-0.1, -0.05) is 19.9 Å². The number of aromatic nitrogens is 1. The molecule has 0 amide bonds. The Bertz CT molecular complexity index is 888. The molecule has 2 aromatic rings. The Hall–Kier alpha value is -2.66. The van der Waals surface area contributed by atoms with Gasteiger partial charge in [-0.15, -0.1) is 0 Å². The average Bonchev–Trinajstić information content (AvgIpc) is 2.93. The monoisotopic (exact) mass is 350 g/mol. The lowest BCUT2D eigenvalue weighted by atomic mass is 9.98. The summed E-state index contributed by atoms with van der Waals surface area (Å²) in [6.07, 6.45) is 5.16. The van der Waals surface area contributed by atoms with Crippen LogP contribution in [-0.2, 0) is 6.54 Å². The van der Waals surface area contributed by atoms with Crippen LogP contribution < -0.4 is 9.47 Å². The second-order valence-corrected chi connectivity index (χ2v) is 7.28. The van der Waals surface area contributed by atoms with Crippen molar-refractivity contribution in [3.8, 4) is 11.5 Å². The van der Waals surface area contributed by atoms with Gasteiger partial charge >= 0.3 is 0 Å². The third-order valence-corrected chi connectivity index (χ3v) is 4.59. The van der Waals surface area contributed by atoms with E-state index in [2.05, 4.69) is 23.7 Å². The molecular weight excluding hydrogens is 328 g/mol. The summed E-state index contributed by atoms with van der Waals surface area (Å²) in [6, 6.07) is 5.69. The molecule has 134 valence electrons. The average molecular weight is 350 g/mol. The minimum absolute atomic E-state index is 0.0786. The van der Waals surface area contributed by atoms with E-state index in [1.807, 2.05) is 25.1 Å². The number of pyridine rings is 1. The molecule has 0 atom stereocenters. The summed E-state index contributed by atoms with van der Waals surface area (Å²) in [5.74, 6) is 2.27. The first kappa shape index (κ1) is 16.8. The van der Waals surface area contributed by atoms with Gasteiger partial charge in [0.25, 0.3) is 0 Å². The molecule has 0 unspecified atom stereocenters. The maximum atomic E-state index is 12.9. The van der Waals surface area contributed by atoms with Gasteiger partial charge in [0, 0.05) is 25.5 Å². The van der Waals surface area contributed by atoms with Crippen molar-refractivity contribution in [2.24, 2.45) is 5.92 Å². The lowest BCUT2D eigenvalue weighted by Crippen LogP contribution is -2.35. The summed E-state index contributed by atoms with van der Waals surface area (Å²) >= 11 is 0. The molecule has 0 N–H and O–H groups in total. The highest BCUT2D eigenvalue weighted by Gasteiger charge is 2.35. The summed E-state index contributed by atoms with van der Waals surface area (Å²) < 4.78 is 12.0. The number of hydrogen-bond donors (Lipinski definition) is 0. The fraction of sp³-hybridized carbons (Fsp3) is 0.333. The van der Waals surface area contributed by atoms with E-state index in [1.165, 1.54) is 0 Å². The zero-order valence-electron chi connectivity index (χ0n) is 15.3. The molecule has 0 fully saturated rings. The van der Waals surface area contributed by atoms with Gasteiger partial charge in [0.05, 0.1) is 11.1 Å². The minimum atomic E-state index is -0.0786. The molecule has 1 aromatic heterocycles. The van der Waals surface area contributed by atoms with Gasteiger partial charge in [0.2, 0.25) is 5.78 Å². The molecule has 0 saturated carbocycles. The van der Waals surface area contributed by atoms with Crippen LogP contribution in [0.2, 0.25) is 0 Å². The number of ether oxygens (including phenoxy) is 2. The van der Waals surface area contributed by atoms with Gasteiger partial charge < -0.3 is 9.47 Å².